The van der Waals surface area contributed by atoms with Crippen molar-refractivity contribution in [1.82, 2.24) is 0 Å². The van der Waals surface area contributed by atoms with Gasteiger partial charge in [0.25, 0.3) is 0 Å². The molecular weight excluding hydrogens is 452 g/mol. The van der Waals surface area contributed by atoms with E-state index >= 15 is 0 Å². The fourth-order valence-electron chi connectivity index (χ4n) is 5.65. The van der Waals surface area contributed by atoms with Crippen LogP contribution in [0.15, 0.2) is 48.5 Å². The van der Waals surface area contributed by atoms with Crippen molar-refractivity contribution in [3.63, 3.8) is 0 Å². The lowest BCUT2D eigenvalue weighted by Crippen LogP contribution is -2.02. The third kappa shape index (κ3) is 14.0. The lowest BCUT2D eigenvalue weighted by Gasteiger charge is -2.20. The van der Waals surface area contributed by atoms with Crippen LogP contribution in [-0.2, 0) is 0 Å². The van der Waals surface area contributed by atoms with Gasteiger partial charge in [0.2, 0.25) is 0 Å². The Bertz CT molecular complexity index is 754. The second-order valence-electron chi connectivity index (χ2n) is 11.2. The Kier molecular flexibility index (Phi) is 17.8. The Hall–Kier alpha value is -1.96. The van der Waals surface area contributed by atoms with Gasteiger partial charge in [-0.3, -0.25) is 0 Å². The monoisotopic (exact) mass is 508 g/mol. The van der Waals surface area contributed by atoms with Gasteiger partial charge in [0.05, 0.1) is 0 Å². The largest absolute Gasteiger partial charge is 0.508 e. The second kappa shape index (κ2) is 21.0. The molecule has 0 amide bonds. The summed E-state index contributed by atoms with van der Waals surface area (Å²) < 4.78 is 0. The maximum Gasteiger partial charge on any atom is 0.119 e. The normalized spacial score (nSPS) is 11.4. The molecule has 0 fully saturated rings. The first-order valence-corrected chi connectivity index (χ1v) is 15.8. The zero-order valence-corrected chi connectivity index (χ0v) is 23.9. The number of hydrogen-bond acceptors (Lipinski definition) is 2. The average Bonchev–Trinajstić information content (AvgIpc) is 2.91. The van der Waals surface area contributed by atoms with Gasteiger partial charge < -0.3 is 10.2 Å². The second-order valence-corrected chi connectivity index (χ2v) is 11.2. The number of phenolic OH excluding ortho intramolecular Hbond substituents is 2. The van der Waals surface area contributed by atoms with E-state index in [-0.39, 0.29) is 5.92 Å². The summed E-state index contributed by atoms with van der Waals surface area (Å²) in [5.41, 5.74) is 1.84. The average molecular weight is 509 g/mol. The molecule has 0 unspecified atom stereocenters. The van der Waals surface area contributed by atoms with E-state index < -0.39 is 0 Å². The fourth-order valence-corrected chi connectivity index (χ4v) is 5.65. The number of benzene rings is 2. The van der Waals surface area contributed by atoms with Crippen LogP contribution in [0.4, 0.5) is 0 Å². The van der Waals surface area contributed by atoms with Gasteiger partial charge >= 0.3 is 0 Å². The standard InChI is InChI=1S/C35H56O2/c1-2-3-4-5-6-7-8-9-10-11-12-13-14-15-16-17-18-19-20-21-26-31(32-27-22-24-29-34(32)36)33-28-23-25-30-35(33)37/h22-25,27-31,36-37H,2-21,26H2,1H3. The highest BCUT2D eigenvalue weighted by atomic mass is 16.3. The van der Waals surface area contributed by atoms with Crippen LogP contribution >= 0.6 is 0 Å². The number of unbranched alkanes of at least 4 members (excludes halogenated alkanes) is 19. The molecule has 0 aliphatic rings. The van der Waals surface area contributed by atoms with Crippen molar-refractivity contribution in [2.75, 3.05) is 0 Å². The molecule has 0 bridgehead atoms. The van der Waals surface area contributed by atoms with Gasteiger partial charge in [-0.25, -0.2) is 0 Å². The number of rotatable bonds is 23. The van der Waals surface area contributed by atoms with E-state index in [9.17, 15) is 10.2 Å². The minimum absolute atomic E-state index is 0.0398. The van der Waals surface area contributed by atoms with E-state index in [2.05, 4.69) is 6.92 Å². The van der Waals surface area contributed by atoms with Crippen LogP contribution in [-0.4, -0.2) is 10.2 Å². The lowest BCUT2D eigenvalue weighted by atomic mass is 9.85. The Morgan fingerprint density at radius 2 is 0.730 bits per heavy atom. The summed E-state index contributed by atoms with van der Waals surface area (Å²) >= 11 is 0. The van der Waals surface area contributed by atoms with Gasteiger partial charge in [-0.1, -0.05) is 172 Å². The summed E-state index contributed by atoms with van der Waals surface area (Å²) in [7, 11) is 0. The molecule has 0 saturated heterocycles. The molecule has 37 heavy (non-hydrogen) atoms. The molecule has 2 aromatic rings. The zero-order valence-electron chi connectivity index (χ0n) is 23.9. The lowest BCUT2D eigenvalue weighted by molar-refractivity contribution is 0.447. The van der Waals surface area contributed by atoms with Crippen LogP contribution < -0.4 is 0 Å². The van der Waals surface area contributed by atoms with Gasteiger partial charge in [0.1, 0.15) is 11.5 Å². The Morgan fingerprint density at radius 3 is 1.05 bits per heavy atom. The Balaban J connectivity index is 1.45. The third-order valence-electron chi connectivity index (χ3n) is 7.97. The molecule has 2 N–H and O–H groups in total. The topological polar surface area (TPSA) is 40.5 Å². The zero-order chi connectivity index (χ0) is 26.4. The molecule has 0 radical (unpaired) electrons. The predicted octanol–water partition coefficient (Wildman–Crippen LogP) is 11.4. The van der Waals surface area contributed by atoms with Crippen LogP contribution in [0.3, 0.4) is 0 Å². The SMILES string of the molecule is CCCCCCCCCCCCCCCCCCCCCCC(c1ccccc1O)c1ccccc1O. The maximum absolute atomic E-state index is 10.4. The van der Waals surface area contributed by atoms with E-state index in [4.69, 9.17) is 0 Å². The molecule has 208 valence electrons. The van der Waals surface area contributed by atoms with E-state index in [1.165, 1.54) is 122 Å². The summed E-state index contributed by atoms with van der Waals surface area (Å²) in [6.45, 7) is 2.29. The van der Waals surface area contributed by atoms with E-state index in [0.29, 0.717) is 11.5 Å². The van der Waals surface area contributed by atoms with Crippen molar-refractivity contribution < 1.29 is 10.2 Å². The molecule has 0 aliphatic heterocycles. The molecular formula is C35H56O2. The van der Waals surface area contributed by atoms with E-state index in [0.717, 1.165) is 24.0 Å². The molecule has 2 rings (SSSR count). The van der Waals surface area contributed by atoms with Crippen molar-refractivity contribution in [1.29, 1.82) is 0 Å². The van der Waals surface area contributed by atoms with Crippen LogP contribution in [0.2, 0.25) is 0 Å². The highest BCUT2D eigenvalue weighted by Gasteiger charge is 2.19. The van der Waals surface area contributed by atoms with Crippen molar-refractivity contribution in [2.24, 2.45) is 0 Å². The van der Waals surface area contributed by atoms with Gasteiger partial charge in [-0.2, -0.15) is 0 Å². The van der Waals surface area contributed by atoms with Crippen molar-refractivity contribution in [3.05, 3.63) is 59.7 Å². The maximum atomic E-state index is 10.4. The van der Waals surface area contributed by atoms with Gasteiger partial charge in [-0.05, 0) is 18.6 Å². The quantitative estimate of drug-likeness (QED) is 0.146. The molecule has 0 saturated carbocycles. The molecule has 0 spiro atoms. The summed E-state index contributed by atoms with van der Waals surface area (Å²) in [5, 5.41) is 20.8. The van der Waals surface area contributed by atoms with Crippen LogP contribution in [0.1, 0.15) is 159 Å². The van der Waals surface area contributed by atoms with E-state index in [1.54, 1.807) is 12.1 Å². The van der Waals surface area contributed by atoms with Crippen LogP contribution in [0, 0.1) is 0 Å². The first-order chi connectivity index (χ1) is 18.2. The molecule has 2 nitrogen and oxygen atoms in total. The van der Waals surface area contributed by atoms with Crippen LogP contribution in [0.25, 0.3) is 0 Å². The molecule has 2 aromatic carbocycles. The number of phenols is 2. The summed E-state index contributed by atoms with van der Waals surface area (Å²) in [6, 6.07) is 15.1. The molecule has 2 heteroatoms. The van der Waals surface area contributed by atoms with Gasteiger partial charge in [-0.15, -0.1) is 0 Å². The third-order valence-corrected chi connectivity index (χ3v) is 7.97. The van der Waals surface area contributed by atoms with Crippen LogP contribution in [0.5, 0.6) is 11.5 Å². The summed E-state index contributed by atoms with van der Waals surface area (Å²) in [6.07, 6.45) is 28.7. The van der Waals surface area contributed by atoms with Crippen molar-refractivity contribution in [3.8, 4) is 11.5 Å². The smallest absolute Gasteiger partial charge is 0.119 e. The molecule has 0 aliphatic carbocycles. The molecule has 0 aromatic heterocycles. The number of para-hydroxylation sites is 2. The minimum Gasteiger partial charge on any atom is -0.508 e. The van der Waals surface area contributed by atoms with Gasteiger partial charge in [0, 0.05) is 17.0 Å². The van der Waals surface area contributed by atoms with E-state index in [1.807, 2.05) is 36.4 Å². The first kappa shape index (κ1) is 31.3. The Morgan fingerprint density at radius 1 is 0.432 bits per heavy atom. The minimum atomic E-state index is 0.0398. The summed E-state index contributed by atoms with van der Waals surface area (Å²) in [5.74, 6) is 0.686. The number of aromatic hydroxyl groups is 2. The Labute approximate surface area is 228 Å². The molecule has 0 heterocycles. The van der Waals surface area contributed by atoms with Crippen molar-refractivity contribution in [2.45, 2.75) is 148 Å². The fraction of sp³-hybridized carbons (Fsp3) is 0.657. The highest BCUT2D eigenvalue weighted by Crippen LogP contribution is 2.38. The first-order valence-electron chi connectivity index (χ1n) is 15.8. The summed E-state index contributed by atoms with van der Waals surface area (Å²) in [4.78, 5) is 0. The predicted molar refractivity (Wildman–Crippen MR) is 161 cm³/mol. The van der Waals surface area contributed by atoms with Gasteiger partial charge in [0.15, 0.2) is 0 Å². The highest BCUT2D eigenvalue weighted by molar-refractivity contribution is 5.45. The van der Waals surface area contributed by atoms with Crippen molar-refractivity contribution >= 4 is 0 Å². The number of hydrogen-bond donors (Lipinski definition) is 2. The molecule has 0 atom stereocenters.